The van der Waals surface area contributed by atoms with Gasteiger partial charge in [0.15, 0.2) is 0 Å². The highest BCUT2D eigenvalue weighted by molar-refractivity contribution is 6.75. The van der Waals surface area contributed by atoms with E-state index in [2.05, 4.69) is 0 Å². The molecule has 0 saturated carbocycles. The van der Waals surface area contributed by atoms with Crippen molar-refractivity contribution in [2.24, 2.45) is 0 Å². The molecule has 0 heterocycles. The van der Waals surface area contributed by atoms with Crippen molar-refractivity contribution in [3.8, 4) is 11.5 Å². The van der Waals surface area contributed by atoms with Gasteiger partial charge in [-0.15, -0.1) is 0 Å². The van der Waals surface area contributed by atoms with Gasteiger partial charge in [-0.1, -0.05) is 71.2 Å². The highest BCUT2D eigenvalue weighted by atomic mass is 35.6. The quantitative estimate of drug-likeness (QED) is 0.451. The predicted octanol–water partition coefficient (Wildman–Crippen LogP) is 4.34. The molecular formula is C15H11Cl3O4. The van der Waals surface area contributed by atoms with E-state index in [1.807, 2.05) is 12.1 Å². The molecule has 2 aromatic carbocycles. The van der Waals surface area contributed by atoms with Crippen LogP contribution in [0.15, 0.2) is 60.7 Å². The van der Waals surface area contributed by atoms with E-state index in [-0.39, 0.29) is 0 Å². The summed E-state index contributed by atoms with van der Waals surface area (Å²) in [5, 5.41) is 0. The zero-order chi connectivity index (χ0) is 16.0. The largest absolute Gasteiger partial charge is 0.423 e. The lowest BCUT2D eigenvalue weighted by atomic mass is 10.3. The fourth-order valence-electron chi connectivity index (χ4n) is 1.45. The molecule has 0 radical (unpaired) electrons. The van der Waals surface area contributed by atoms with Gasteiger partial charge in [0.1, 0.15) is 11.5 Å². The van der Waals surface area contributed by atoms with Crippen LogP contribution in [0.4, 0.5) is 0 Å². The van der Waals surface area contributed by atoms with Crippen molar-refractivity contribution in [1.82, 2.24) is 0 Å². The Labute approximate surface area is 142 Å². The molecule has 7 heteroatoms. The number of halogens is 3. The third-order valence-corrected chi connectivity index (χ3v) is 2.85. The van der Waals surface area contributed by atoms with Gasteiger partial charge >= 0.3 is 12.4 Å². The van der Waals surface area contributed by atoms with Crippen molar-refractivity contribution in [1.29, 1.82) is 0 Å². The topological polar surface area (TPSA) is 44.8 Å². The van der Waals surface area contributed by atoms with E-state index in [9.17, 15) is 4.79 Å². The SMILES string of the molecule is O=C(OC(Oc1ccccc1)Oc1ccccc1)C(Cl)(Cl)Cl. The minimum absolute atomic E-state index is 0.431. The maximum Gasteiger partial charge on any atom is 0.408 e. The minimum atomic E-state index is -2.22. The van der Waals surface area contributed by atoms with Crippen LogP contribution in [0.1, 0.15) is 0 Å². The van der Waals surface area contributed by atoms with Crippen LogP contribution in [0.2, 0.25) is 0 Å². The molecule has 0 aliphatic carbocycles. The number of para-hydroxylation sites is 2. The number of carbonyl (C=O) groups excluding carboxylic acids is 1. The van der Waals surface area contributed by atoms with Crippen LogP contribution in [-0.4, -0.2) is 16.2 Å². The Hall–Kier alpha value is -1.62. The zero-order valence-electron chi connectivity index (χ0n) is 11.1. The first-order valence-corrected chi connectivity index (χ1v) is 7.30. The first-order chi connectivity index (χ1) is 10.4. The summed E-state index contributed by atoms with van der Waals surface area (Å²) in [6.07, 6.45) is 0. The van der Waals surface area contributed by atoms with Gasteiger partial charge in [0.25, 0.3) is 3.79 Å². The molecule has 0 spiro atoms. The van der Waals surface area contributed by atoms with E-state index >= 15 is 0 Å². The molecule has 116 valence electrons. The molecule has 2 aromatic rings. The second-order valence-electron chi connectivity index (χ2n) is 4.05. The van der Waals surface area contributed by atoms with Crippen molar-refractivity contribution >= 4 is 40.8 Å². The van der Waals surface area contributed by atoms with Gasteiger partial charge in [0, 0.05) is 0 Å². The maximum atomic E-state index is 11.7. The van der Waals surface area contributed by atoms with Crippen molar-refractivity contribution in [3.63, 3.8) is 0 Å². The van der Waals surface area contributed by atoms with E-state index in [1.165, 1.54) is 0 Å². The fraction of sp³-hybridized carbons (Fsp3) is 0.133. The van der Waals surface area contributed by atoms with Crippen LogP contribution >= 0.6 is 34.8 Å². The van der Waals surface area contributed by atoms with Crippen molar-refractivity contribution in [2.45, 2.75) is 10.3 Å². The fourth-order valence-corrected chi connectivity index (χ4v) is 1.58. The van der Waals surface area contributed by atoms with Crippen LogP contribution < -0.4 is 9.47 Å². The zero-order valence-corrected chi connectivity index (χ0v) is 13.4. The van der Waals surface area contributed by atoms with Gasteiger partial charge in [-0.2, -0.15) is 0 Å². The summed E-state index contributed by atoms with van der Waals surface area (Å²) in [6.45, 7) is -1.40. The Balaban J connectivity index is 2.11. The molecule has 0 unspecified atom stereocenters. The van der Waals surface area contributed by atoms with Gasteiger partial charge < -0.3 is 14.2 Å². The van der Waals surface area contributed by atoms with Gasteiger partial charge in [0.2, 0.25) is 0 Å². The van der Waals surface area contributed by atoms with E-state index in [1.54, 1.807) is 48.5 Å². The van der Waals surface area contributed by atoms with Crippen molar-refractivity contribution in [2.75, 3.05) is 0 Å². The van der Waals surface area contributed by atoms with Gasteiger partial charge in [0.05, 0.1) is 0 Å². The molecule has 0 aliphatic rings. The van der Waals surface area contributed by atoms with E-state index in [4.69, 9.17) is 49.0 Å². The van der Waals surface area contributed by atoms with Gasteiger partial charge in [-0.05, 0) is 24.3 Å². The minimum Gasteiger partial charge on any atom is -0.423 e. The number of rotatable bonds is 5. The number of ether oxygens (including phenoxy) is 3. The van der Waals surface area contributed by atoms with Crippen LogP contribution in [0, 0.1) is 0 Å². The molecular weight excluding hydrogens is 351 g/mol. The third kappa shape index (κ3) is 5.30. The summed E-state index contributed by atoms with van der Waals surface area (Å²) < 4.78 is 13.6. The van der Waals surface area contributed by atoms with Crippen LogP contribution in [0.3, 0.4) is 0 Å². The molecule has 2 rings (SSSR count). The molecule has 22 heavy (non-hydrogen) atoms. The number of esters is 1. The molecule has 0 atom stereocenters. The van der Waals surface area contributed by atoms with E-state index < -0.39 is 16.2 Å². The third-order valence-electron chi connectivity index (χ3n) is 2.39. The number of hydrogen-bond acceptors (Lipinski definition) is 4. The summed E-state index contributed by atoms with van der Waals surface area (Å²) >= 11 is 16.4. The monoisotopic (exact) mass is 360 g/mol. The lowest BCUT2D eigenvalue weighted by Crippen LogP contribution is -2.35. The molecule has 0 aliphatic heterocycles. The second kappa shape index (κ2) is 7.58. The Bertz CT molecular complexity index is 558. The maximum absolute atomic E-state index is 11.7. The van der Waals surface area contributed by atoms with Gasteiger partial charge in [-0.3, -0.25) is 0 Å². The predicted molar refractivity (Wildman–Crippen MR) is 84.3 cm³/mol. The Morgan fingerprint density at radius 1 is 0.818 bits per heavy atom. The average Bonchev–Trinajstić information content (AvgIpc) is 2.48. The number of carbonyl (C=O) groups is 1. The summed E-state index contributed by atoms with van der Waals surface area (Å²) in [5.41, 5.74) is 0. The second-order valence-corrected chi connectivity index (χ2v) is 6.33. The number of alkyl halides is 3. The smallest absolute Gasteiger partial charge is 0.408 e. The summed E-state index contributed by atoms with van der Waals surface area (Å²) in [6, 6.07) is 17.3. The average molecular weight is 362 g/mol. The highest BCUT2D eigenvalue weighted by Crippen LogP contribution is 2.28. The first-order valence-electron chi connectivity index (χ1n) is 6.16. The van der Waals surface area contributed by atoms with Crippen LogP contribution in [0.5, 0.6) is 11.5 Å². The Kier molecular flexibility index (Phi) is 5.77. The Morgan fingerprint density at radius 2 is 1.23 bits per heavy atom. The molecule has 0 aromatic heterocycles. The molecule has 0 bridgehead atoms. The van der Waals surface area contributed by atoms with Gasteiger partial charge in [-0.25, -0.2) is 4.79 Å². The molecule has 0 N–H and O–H groups in total. The van der Waals surface area contributed by atoms with E-state index in [0.29, 0.717) is 11.5 Å². The normalized spacial score (nSPS) is 11.1. The lowest BCUT2D eigenvalue weighted by Gasteiger charge is -2.21. The molecule has 0 amide bonds. The molecule has 0 saturated heterocycles. The summed E-state index contributed by atoms with van der Waals surface area (Å²) in [4.78, 5) is 11.7. The highest BCUT2D eigenvalue weighted by Gasteiger charge is 2.36. The number of hydrogen-bond donors (Lipinski definition) is 0. The van der Waals surface area contributed by atoms with E-state index in [0.717, 1.165) is 0 Å². The molecule has 4 nitrogen and oxygen atoms in total. The van der Waals surface area contributed by atoms with Crippen molar-refractivity contribution in [3.05, 3.63) is 60.7 Å². The summed E-state index contributed by atoms with van der Waals surface area (Å²) in [7, 11) is 0. The van der Waals surface area contributed by atoms with Crippen molar-refractivity contribution < 1.29 is 19.0 Å². The Morgan fingerprint density at radius 3 is 1.59 bits per heavy atom. The number of benzene rings is 2. The first kappa shape index (κ1) is 16.7. The molecule has 0 fully saturated rings. The standard InChI is InChI=1S/C15H11Cl3O4/c16-15(17,18)13(19)22-14(20-11-7-3-1-4-8-11)21-12-9-5-2-6-10-12/h1-10,14H. The van der Waals surface area contributed by atoms with Crippen LogP contribution in [-0.2, 0) is 9.53 Å². The lowest BCUT2D eigenvalue weighted by molar-refractivity contribution is -0.205. The summed E-state index contributed by atoms with van der Waals surface area (Å²) in [5.74, 6) is -0.240. The van der Waals surface area contributed by atoms with Crippen LogP contribution in [0.25, 0.3) is 0 Å².